The maximum atomic E-state index is 14.2. The molecule has 1 N–H and O–H groups in total. The lowest BCUT2D eigenvalue weighted by molar-refractivity contribution is 0.0686. The van der Waals surface area contributed by atoms with Gasteiger partial charge < -0.3 is 9.84 Å². The molecule has 0 aliphatic carbocycles. The van der Waals surface area contributed by atoms with Crippen LogP contribution in [0, 0.1) is 26.6 Å². The van der Waals surface area contributed by atoms with Crippen molar-refractivity contribution in [2.75, 3.05) is 0 Å². The highest BCUT2D eigenvalue weighted by Crippen LogP contribution is 2.26. The Morgan fingerprint density at radius 2 is 1.86 bits per heavy atom. The van der Waals surface area contributed by atoms with E-state index in [1.165, 1.54) is 59.8 Å². The molecule has 11 heteroatoms. The lowest BCUT2D eigenvalue weighted by Crippen LogP contribution is -2.27. The molecule has 4 aromatic rings. The molecule has 4 heterocycles. The molecule has 0 radical (unpaired) electrons. The Hall–Kier alpha value is -3.89. The van der Waals surface area contributed by atoms with E-state index in [-0.39, 0.29) is 40.3 Å². The molecule has 0 saturated carbocycles. The molecule has 0 spiro atoms. The molecule has 192 valence electrons. The van der Waals surface area contributed by atoms with Gasteiger partial charge in [-0.05, 0) is 57.9 Å². The van der Waals surface area contributed by atoms with Crippen molar-refractivity contribution in [2.24, 2.45) is 0 Å². The molecule has 37 heavy (non-hydrogen) atoms. The van der Waals surface area contributed by atoms with E-state index in [0.29, 0.717) is 22.5 Å². The minimum atomic E-state index is -1.32. The number of hydrogen-bond acceptors (Lipinski definition) is 7. The molecule has 0 aromatic carbocycles. The minimum Gasteiger partial charge on any atom is -0.485 e. The van der Waals surface area contributed by atoms with Crippen molar-refractivity contribution in [1.29, 1.82) is 0 Å². The van der Waals surface area contributed by atoms with E-state index in [1.54, 1.807) is 26.8 Å². The summed E-state index contributed by atoms with van der Waals surface area (Å²) in [6.07, 6.45) is 4.44. The van der Waals surface area contributed by atoms with E-state index in [2.05, 4.69) is 15.0 Å². The number of ether oxygens (including phenoxy) is 1. The van der Waals surface area contributed by atoms with E-state index < -0.39 is 17.0 Å². The Morgan fingerprint density at radius 3 is 2.54 bits per heavy atom. The zero-order chi connectivity index (χ0) is 27.1. The lowest BCUT2D eigenvalue weighted by Gasteiger charge is -2.18. The Balaban J connectivity index is 1.76. The monoisotopic (exact) mass is 525 g/mol. The molecule has 0 bridgehead atoms. The van der Waals surface area contributed by atoms with Crippen molar-refractivity contribution in [3.63, 3.8) is 0 Å². The van der Waals surface area contributed by atoms with Crippen molar-refractivity contribution in [1.82, 2.24) is 24.1 Å². The first kappa shape index (κ1) is 26.2. The highest BCUT2D eigenvalue weighted by molar-refractivity contribution is 6.31. The summed E-state index contributed by atoms with van der Waals surface area (Å²) in [7, 11) is 0. The van der Waals surface area contributed by atoms with Gasteiger partial charge in [-0.15, -0.1) is 0 Å². The normalized spacial score (nSPS) is 11.6. The molecule has 0 aliphatic heterocycles. The molecule has 0 aliphatic rings. The number of rotatable bonds is 6. The quantitative estimate of drug-likeness (QED) is 0.408. The summed E-state index contributed by atoms with van der Waals surface area (Å²) < 4.78 is 22.4. The summed E-state index contributed by atoms with van der Waals surface area (Å²) in [6, 6.07) is 5.79. The van der Waals surface area contributed by atoms with Crippen LogP contribution in [0.15, 0.2) is 52.4 Å². The van der Waals surface area contributed by atoms with Gasteiger partial charge in [0.15, 0.2) is 5.82 Å². The van der Waals surface area contributed by atoms with Crippen molar-refractivity contribution in [3.8, 4) is 17.3 Å². The standard InChI is InChI=1S/C26H25ClFN5O4/c1-14-8-17(28)18(30-11-14)13-37-20-10-16(3)33(24(35)23(20)27)19-12-32(22(34)9-15(19)2)21-6-7-29-25(31-21)26(4,5)36/h6-12,36H,13H2,1-5H3. The first-order chi connectivity index (χ1) is 17.4. The lowest BCUT2D eigenvalue weighted by atomic mass is 10.1. The molecule has 0 fully saturated rings. The zero-order valence-electron chi connectivity index (χ0n) is 20.9. The molecular formula is C26H25ClFN5O4. The van der Waals surface area contributed by atoms with E-state index in [0.717, 1.165) is 0 Å². The van der Waals surface area contributed by atoms with Crippen LogP contribution in [0.2, 0.25) is 5.02 Å². The minimum absolute atomic E-state index is 0.0822. The van der Waals surface area contributed by atoms with Crippen LogP contribution in [-0.2, 0) is 12.2 Å². The number of pyridine rings is 3. The van der Waals surface area contributed by atoms with E-state index in [1.807, 2.05) is 0 Å². The van der Waals surface area contributed by atoms with Gasteiger partial charge in [-0.3, -0.25) is 23.7 Å². The van der Waals surface area contributed by atoms with Crippen molar-refractivity contribution in [3.05, 3.63) is 103 Å². The van der Waals surface area contributed by atoms with Gasteiger partial charge in [-0.25, -0.2) is 14.4 Å². The zero-order valence-corrected chi connectivity index (χ0v) is 21.7. The van der Waals surface area contributed by atoms with Crippen LogP contribution in [-0.4, -0.2) is 29.2 Å². The molecule has 0 unspecified atom stereocenters. The fourth-order valence-corrected chi connectivity index (χ4v) is 3.90. The van der Waals surface area contributed by atoms with Gasteiger partial charge in [0, 0.05) is 36.4 Å². The summed E-state index contributed by atoms with van der Waals surface area (Å²) in [5.41, 5.74) is -0.136. The predicted molar refractivity (Wildman–Crippen MR) is 136 cm³/mol. The molecule has 4 rings (SSSR count). The fourth-order valence-electron chi connectivity index (χ4n) is 3.71. The van der Waals surface area contributed by atoms with Crippen LogP contribution in [0.3, 0.4) is 0 Å². The molecular weight excluding hydrogens is 501 g/mol. The summed E-state index contributed by atoms with van der Waals surface area (Å²) in [6.45, 7) is 7.96. The Labute approximate surface area is 216 Å². The van der Waals surface area contributed by atoms with Crippen LogP contribution in [0.25, 0.3) is 11.5 Å². The average Bonchev–Trinajstić information content (AvgIpc) is 2.82. The van der Waals surface area contributed by atoms with Crippen LogP contribution in [0.4, 0.5) is 4.39 Å². The fraction of sp³-hybridized carbons (Fsp3) is 0.269. The maximum Gasteiger partial charge on any atom is 0.277 e. The van der Waals surface area contributed by atoms with Gasteiger partial charge in [0.2, 0.25) is 0 Å². The first-order valence-corrected chi connectivity index (χ1v) is 11.7. The van der Waals surface area contributed by atoms with Crippen molar-refractivity contribution < 1.29 is 14.2 Å². The number of aromatic nitrogens is 5. The number of halogens is 2. The Morgan fingerprint density at radius 1 is 1.14 bits per heavy atom. The van der Waals surface area contributed by atoms with Crippen molar-refractivity contribution in [2.45, 2.75) is 46.8 Å². The number of hydrogen-bond donors (Lipinski definition) is 1. The second-order valence-electron chi connectivity index (χ2n) is 9.18. The Bertz CT molecular complexity index is 1630. The summed E-state index contributed by atoms with van der Waals surface area (Å²) in [5, 5.41) is 10.1. The smallest absolute Gasteiger partial charge is 0.277 e. The van der Waals surface area contributed by atoms with Crippen LogP contribution >= 0.6 is 11.6 Å². The third-order valence-electron chi connectivity index (χ3n) is 5.63. The van der Waals surface area contributed by atoms with Gasteiger partial charge in [-0.2, -0.15) is 0 Å². The predicted octanol–water partition coefficient (Wildman–Crippen LogP) is 3.70. The average molecular weight is 526 g/mol. The van der Waals surface area contributed by atoms with Crippen LogP contribution in [0.5, 0.6) is 5.75 Å². The molecule has 9 nitrogen and oxygen atoms in total. The topological polar surface area (TPSA) is 112 Å². The largest absolute Gasteiger partial charge is 0.485 e. The highest BCUT2D eigenvalue weighted by Gasteiger charge is 2.21. The summed E-state index contributed by atoms with van der Waals surface area (Å²) in [5.74, 6) is -0.0745. The van der Waals surface area contributed by atoms with Gasteiger partial charge in [-0.1, -0.05) is 11.6 Å². The van der Waals surface area contributed by atoms with Gasteiger partial charge in [0.25, 0.3) is 11.1 Å². The van der Waals surface area contributed by atoms with Crippen LogP contribution in [0.1, 0.15) is 42.2 Å². The molecule has 0 atom stereocenters. The highest BCUT2D eigenvalue weighted by atomic mass is 35.5. The van der Waals surface area contributed by atoms with E-state index in [4.69, 9.17) is 16.3 Å². The van der Waals surface area contributed by atoms with E-state index >= 15 is 0 Å². The number of aliphatic hydroxyl groups is 1. The SMILES string of the molecule is Cc1cnc(COc2cc(C)n(-c3cn(-c4ccnc(C(C)(C)O)n4)c(=O)cc3C)c(=O)c2Cl)c(F)c1. The molecule has 0 amide bonds. The molecule has 0 saturated heterocycles. The number of nitrogens with zero attached hydrogens (tertiary/aromatic N) is 5. The van der Waals surface area contributed by atoms with Gasteiger partial charge in [0.05, 0.1) is 5.69 Å². The van der Waals surface area contributed by atoms with Crippen LogP contribution < -0.4 is 15.9 Å². The third kappa shape index (κ3) is 5.30. The maximum absolute atomic E-state index is 14.2. The summed E-state index contributed by atoms with van der Waals surface area (Å²) >= 11 is 6.37. The molecule has 4 aromatic heterocycles. The summed E-state index contributed by atoms with van der Waals surface area (Å²) in [4.78, 5) is 38.5. The number of aryl methyl sites for hydroxylation is 3. The van der Waals surface area contributed by atoms with Gasteiger partial charge in [0.1, 0.15) is 40.3 Å². The Kier molecular flexibility index (Phi) is 6.98. The van der Waals surface area contributed by atoms with E-state index in [9.17, 15) is 19.1 Å². The second-order valence-corrected chi connectivity index (χ2v) is 9.56. The third-order valence-corrected chi connectivity index (χ3v) is 5.97. The van der Waals surface area contributed by atoms with Crippen molar-refractivity contribution >= 4 is 11.6 Å². The first-order valence-electron chi connectivity index (χ1n) is 11.3. The van der Waals surface area contributed by atoms with Gasteiger partial charge >= 0.3 is 0 Å². The second kappa shape index (κ2) is 9.87.